The molecule has 1 aliphatic heterocycles. The van der Waals surface area contributed by atoms with E-state index in [1.807, 2.05) is 54.6 Å². The fraction of sp³-hybridized carbons (Fsp3) is 0.125. The lowest BCUT2D eigenvalue weighted by Gasteiger charge is -2.35. The largest absolute Gasteiger partial charge is 0.357 e. The van der Waals surface area contributed by atoms with Gasteiger partial charge in [-0.25, -0.2) is 4.39 Å². The number of carbonyl (C=O) groups excluding carboxylic acids is 2. The lowest BCUT2D eigenvalue weighted by atomic mass is 9.78. The molecule has 0 unspecified atom stereocenters. The van der Waals surface area contributed by atoms with Crippen LogP contribution in [0, 0.1) is 5.82 Å². The standard InChI is InChI=1S/C32H24ClFN2O2/c33-23-16-14-21(15-17-23)32(38)36-28-13-7-6-12-26(28)35-27-18-22(20-8-2-1-3-9-20)19-29(37)30(27)31(36)24-10-4-5-11-25(24)34/h1-17,22,31,35H,18-19H2/t22-,31+/m1/s1. The van der Waals surface area contributed by atoms with Gasteiger partial charge in [-0.05, 0) is 60.4 Å². The number of hydrogen-bond donors (Lipinski definition) is 1. The minimum atomic E-state index is -0.949. The Kier molecular flexibility index (Phi) is 6.30. The maximum Gasteiger partial charge on any atom is 0.259 e. The topological polar surface area (TPSA) is 49.4 Å². The number of benzene rings is 4. The molecule has 0 aromatic heterocycles. The molecule has 1 aliphatic carbocycles. The molecule has 0 bridgehead atoms. The summed E-state index contributed by atoms with van der Waals surface area (Å²) >= 11 is 6.09. The van der Waals surface area contributed by atoms with Crippen molar-refractivity contribution in [3.05, 3.63) is 142 Å². The molecule has 2 atom stereocenters. The molecule has 4 aromatic carbocycles. The quantitative estimate of drug-likeness (QED) is 0.300. The van der Waals surface area contributed by atoms with E-state index in [2.05, 4.69) is 5.32 Å². The molecule has 188 valence electrons. The molecule has 0 fully saturated rings. The molecule has 0 radical (unpaired) electrons. The van der Waals surface area contributed by atoms with Crippen LogP contribution >= 0.6 is 11.6 Å². The van der Waals surface area contributed by atoms with Crippen molar-refractivity contribution >= 4 is 34.7 Å². The minimum Gasteiger partial charge on any atom is -0.357 e. The zero-order valence-corrected chi connectivity index (χ0v) is 21.2. The molecule has 0 saturated carbocycles. The zero-order valence-electron chi connectivity index (χ0n) is 20.4. The average molecular weight is 523 g/mol. The summed E-state index contributed by atoms with van der Waals surface area (Å²) in [6, 6.07) is 29.3. The summed E-state index contributed by atoms with van der Waals surface area (Å²) in [5.41, 5.74) is 4.11. The average Bonchev–Trinajstić information content (AvgIpc) is 3.08. The van der Waals surface area contributed by atoms with Crippen molar-refractivity contribution < 1.29 is 14.0 Å². The highest BCUT2D eigenvalue weighted by Gasteiger charge is 2.42. The van der Waals surface area contributed by atoms with E-state index in [0.717, 1.165) is 5.56 Å². The van der Waals surface area contributed by atoms with Gasteiger partial charge in [0.05, 0.1) is 17.4 Å². The number of rotatable bonds is 3. The summed E-state index contributed by atoms with van der Waals surface area (Å²) in [5.74, 6) is -0.962. The molecule has 6 heteroatoms. The van der Waals surface area contributed by atoms with Gasteiger partial charge in [-0.3, -0.25) is 14.5 Å². The van der Waals surface area contributed by atoms with E-state index in [9.17, 15) is 9.59 Å². The normalized spacial score (nSPS) is 18.8. The number of nitrogens with one attached hydrogen (secondary N) is 1. The highest BCUT2D eigenvalue weighted by molar-refractivity contribution is 6.30. The number of allylic oxidation sites excluding steroid dienone is 1. The van der Waals surface area contributed by atoms with E-state index >= 15 is 4.39 Å². The van der Waals surface area contributed by atoms with Gasteiger partial charge in [0.25, 0.3) is 5.91 Å². The molecular formula is C32H24ClFN2O2. The third-order valence-corrected chi connectivity index (χ3v) is 7.52. The summed E-state index contributed by atoms with van der Waals surface area (Å²) in [5, 5.41) is 3.98. The molecule has 1 amide bonds. The van der Waals surface area contributed by atoms with Crippen molar-refractivity contribution in [2.24, 2.45) is 0 Å². The van der Waals surface area contributed by atoms with Crippen molar-refractivity contribution in [2.75, 3.05) is 10.2 Å². The Balaban J connectivity index is 1.58. The second-order valence-electron chi connectivity index (χ2n) is 9.58. The number of Topliss-reactive ketones (excluding diaryl/α,β-unsaturated/α-hetero) is 1. The van der Waals surface area contributed by atoms with Crippen LogP contribution in [0.4, 0.5) is 15.8 Å². The number of fused-ring (bicyclic) bond motifs is 1. The molecule has 0 saturated heterocycles. The number of halogens is 2. The van der Waals surface area contributed by atoms with Gasteiger partial charge in [-0.1, -0.05) is 72.3 Å². The Morgan fingerprint density at radius 3 is 2.29 bits per heavy atom. The van der Waals surface area contributed by atoms with Crippen molar-refractivity contribution in [3.63, 3.8) is 0 Å². The van der Waals surface area contributed by atoms with Crippen LogP contribution < -0.4 is 10.2 Å². The van der Waals surface area contributed by atoms with Gasteiger partial charge >= 0.3 is 0 Å². The highest BCUT2D eigenvalue weighted by Crippen LogP contribution is 2.48. The van der Waals surface area contributed by atoms with E-state index in [0.29, 0.717) is 39.7 Å². The highest BCUT2D eigenvalue weighted by atomic mass is 35.5. The van der Waals surface area contributed by atoms with Gasteiger partial charge in [-0.15, -0.1) is 0 Å². The SMILES string of the molecule is O=C1C[C@H](c2ccccc2)CC2=C1[C@H](c1ccccc1F)N(C(=O)c1ccc(Cl)cc1)c1ccccc1N2. The monoisotopic (exact) mass is 522 g/mol. The fourth-order valence-corrected chi connectivity index (χ4v) is 5.62. The van der Waals surface area contributed by atoms with Crippen LogP contribution in [0.3, 0.4) is 0 Å². The number of carbonyl (C=O) groups is 2. The summed E-state index contributed by atoms with van der Waals surface area (Å²) in [4.78, 5) is 29.7. The minimum absolute atomic E-state index is 0.0260. The second kappa shape index (κ2) is 9.92. The Morgan fingerprint density at radius 2 is 1.53 bits per heavy atom. The second-order valence-corrected chi connectivity index (χ2v) is 10.0. The van der Waals surface area contributed by atoms with Gasteiger partial charge < -0.3 is 5.32 Å². The first-order valence-electron chi connectivity index (χ1n) is 12.5. The lowest BCUT2D eigenvalue weighted by Crippen LogP contribution is -2.39. The number of ketones is 1. The molecule has 4 nitrogen and oxygen atoms in total. The number of para-hydroxylation sites is 2. The lowest BCUT2D eigenvalue weighted by molar-refractivity contribution is -0.116. The third-order valence-electron chi connectivity index (χ3n) is 7.27. The van der Waals surface area contributed by atoms with Gasteiger partial charge in [0.15, 0.2) is 5.78 Å². The van der Waals surface area contributed by atoms with E-state index in [-0.39, 0.29) is 29.6 Å². The van der Waals surface area contributed by atoms with Crippen LogP contribution in [0.1, 0.15) is 46.3 Å². The zero-order chi connectivity index (χ0) is 26.2. The molecule has 38 heavy (non-hydrogen) atoms. The van der Waals surface area contributed by atoms with Gasteiger partial charge in [0.2, 0.25) is 0 Å². The molecule has 2 aliphatic rings. The Labute approximate surface area is 225 Å². The van der Waals surface area contributed by atoms with E-state index < -0.39 is 11.9 Å². The first-order valence-corrected chi connectivity index (χ1v) is 12.9. The van der Waals surface area contributed by atoms with Crippen molar-refractivity contribution in [1.29, 1.82) is 0 Å². The predicted molar refractivity (Wildman–Crippen MR) is 148 cm³/mol. The molecule has 1 N–H and O–H groups in total. The van der Waals surface area contributed by atoms with Crippen LogP contribution in [0.25, 0.3) is 0 Å². The molecule has 6 rings (SSSR count). The molecule has 0 spiro atoms. The fourth-order valence-electron chi connectivity index (χ4n) is 5.50. The van der Waals surface area contributed by atoms with Crippen LogP contribution in [0.15, 0.2) is 114 Å². The van der Waals surface area contributed by atoms with Crippen LogP contribution in [0.2, 0.25) is 5.02 Å². The third kappa shape index (κ3) is 4.29. The summed E-state index contributed by atoms with van der Waals surface area (Å²) < 4.78 is 15.5. The Bertz CT molecular complexity index is 1570. The van der Waals surface area contributed by atoms with Crippen molar-refractivity contribution in [2.45, 2.75) is 24.8 Å². The number of nitrogens with zero attached hydrogens (tertiary/aromatic N) is 1. The van der Waals surface area contributed by atoms with Gasteiger partial charge in [0.1, 0.15) is 5.82 Å². The van der Waals surface area contributed by atoms with Crippen LogP contribution in [-0.4, -0.2) is 11.7 Å². The van der Waals surface area contributed by atoms with Crippen LogP contribution in [0.5, 0.6) is 0 Å². The Morgan fingerprint density at radius 1 is 0.842 bits per heavy atom. The van der Waals surface area contributed by atoms with E-state index in [1.165, 1.54) is 6.07 Å². The number of anilines is 2. The molecule has 4 aromatic rings. The Hall–Kier alpha value is -4.22. The summed E-state index contributed by atoms with van der Waals surface area (Å²) in [6.45, 7) is 0. The van der Waals surface area contributed by atoms with Crippen molar-refractivity contribution in [1.82, 2.24) is 0 Å². The number of hydrogen-bond acceptors (Lipinski definition) is 3. The van der Waals surface area contributed by atoms with Gasteiger partial charge in [-0.2, -0.15) is 0 Å². The molecule has 1 heterocycles. The molecular weight excluding hydrogens is 499 g/mol. The smallest absolute Gasteiger partial charge is 0.259 e. The first kappa shape index (κ1) is 24.1. The van der Waals surface area contributed by atoms with Crippen LogP contribution in [-0.2, 0) is 4.79 Å². The van der Waals surface area contributed by atoms with E-state index in [1.54, 1.807) is 47.4 Å². The number of amides is 1. The summed E-state index contributed by atoms with van der Waals surface area (Å²) in [7, 11) is 0. The maximum absolute atomic E-state index is 15.5. The van der Waals surface area contributed by atoms with Gasteiger partial charge in [0, 0.05) is 33.8 Å². The predicted octanol–water partition coefficient (Wildman–Crippen LogP) is 7.69. The maximum atomic E-state index is 15.5. The van der Waals surface area contributed by atoms with Crippen molar-refractivity contribution in [3.8, 4) is 0 Å². The summed E-state index contributed by atoms with van der Waals surface area (Å²) in [6.07, 6.45) is 0.835. The van der Waals surface area contributed by atoms with E-state index in [4.69, 9.17) is 11.6 Å². The first-order chi connectivity index (χ1) is 18.5.